The summed E-state index contributed by atoms with van der Waals surface area (Å²) in [4.78, 5) is 42.3. The standard InChI is InChI=1S/C21H28N6O2/c1-13(2)20-22-7-9-27(20)12-18(29)26-8-5-6-15(11-26)19-23-14(3)16-10-17(28)25(4)21(16)24-19/h7,9,13,15H,5-6,8,10-12H2,1-4H3. The number of likely N-dealkylation sites (N-methyl/N-ethyl adjacent to an activating group) is 1. The fourth-order valence-electron chi connectivity index (χ4n) is 4.27. The molecular formula is C21H28N6O2. The van der Waals surface area contributed by atoms with Gasteiger partial charge in [-0.2, -0.15) is 0 Å². The molecule has 1 unspecified atom stereocenters. The fraction of sp³-hybridized carbons (Fsp3) is 0.571. The van der Waals surface area contributed by atoms with E-state index in [-0.39, 0.29) is 23.7 Å². The van der Waals surface area contributed by atoms with Gasteiger partial charge in [0, 0.05) is 55.6 Å². The molecule has 0 aliphatic carbocycles. The highest BCUT2D eigenvalue weighted by Crippen LogP contribution is 2.32. The van der Waals surface area contributed by atoms with E-state index in [1.54, 1.807) is 18.1 Å². The number of imidazole rings is 1. The summed E-state index contributed by atoms with van der Waals surface area (Å²) >= 11 is 0. The highest BCUT2D eigenvalue weighted by molar-refractivity contribution is 5.99. The van der Waals surface area contributed by atoms with Gasteiger partial charge in [-0.15, -0.1) is 0 Å². The van der Waals surface area contributed by atoms with Crippen LogP contribution < -0.4 is 4.90 Å². The maximum absolute atomic E-state index is 12.9. The van der Waals surface area contributed by atoms with Crippen molar-refractivity contribution in [3.05, 3.63) is 35.3 Å². The number of likely N-dealkylation sites (tertiary alicyclic amines) is 1. The number of aromatic nitrogens is 4. The third-order valence-corrected chi connectivity index (χ3v) is 5.94. The second-order valence-corrected chi connectivity index (χ2v) is 8.35. The van der Waals surface area contributed by atoms with Crippen LogP contribution in [0.25, 0.3) is 0 Å². The average Bonchev–Trinajstić information content (AvgIpc) is 3.27. The lowest BCUT2D eigenvalue weighted by Gasteiger charge is -2.32. The minimum atomic E-state index is 0.0521. The molecule has 2 aliphatic rings. The molecule has 8 nitrogen and oxygen atoms in total. The van der Waals surface area contributed by atoms with Gasteiger partial charge >= 0.3 is 0 Å². The number of hydrogen-bond acceptors (Lipinski definition) is 5. The number of fused-ring (bicyclic) bond motifs is 1. The third kappa shape index (κ3) is 3.63. The Kier molecular flexibility index (Phi) is 5.10. The smallest absolute Gasteiger partial charge is 0.242 e. The van der Waals surface area contributed by atoms with Crippen LogP contribution in [0.3, 0.4) is 0 Å². The monoisotopic (exact) mass is 396 g/mol. The molecule has 29 heavy (non-hydrogen) atoms. The predicted octanol–water partition coefficient (Wildman–Crippen LogP) is 2.03. The molecule has 0 bridgehead atoms. The summed E-state index contributed by atoms with van der Waals surface area (Å²) in [5, 5.41) is 0. The molecule has 0 spiro atoms. The third-order valence-electron chi connectivity index (χ3n) is 5.94. The van der Waals surface area contributed by atoms with E-state index in [2.05, 4.69) is 18.8 Å². The Morgan fingerprint density at radius 1 is 1.31 bits per heavy atom. The van der Waals surface area contributed by atoms with Crippen LogP contribution >= 0.6 is 0 Å². The molecule has 2 amide bonds. The second-order valence-electron chi connectivity index (χ2n) is 8.35. The topological polar surface area (TPSA) is 84.2 Å². The minimum absolute atomic E-state index is 0.0521. The van der Waals surface area contributed by atoms with E-state index in [9.17, 15) is 9.59 Å². The first kappa shape index (κ1) is 19.5. The van der Waals surface area contributed by atoms with Gasteiger partial charge in [0.1, 0.15) is 24.0 Å². The summed E-state index contributed by atoms with van der Waals surface area (Å²) in [5.41, 5.74) is 1.79. The summed E-state index contributed by atoms with van der Waals surface area (Å²) in [5.74, 6) is 2.91. The molecule has 2 aromatic rings. The van der Waals surface area contributed by atoms with Crippen molar-refractivity contribution in [1.82, 2.24) is 24.4 Å². The van der Waals surface area contributed by atoms with Crippen LogP contribution in [0.4, 0.5) is 5.82 Å². The molecule has 1 fully saturated rings. The number of rotatable bonds is 4. The highest BCUT2D eigenvalue weighted by atomic mass is 16.2. The predicted molar refractivity (Wildman–Crippen MR) is 109 cm³/mol. The quantitative estimate of drug-likeness (QED) is 0.790. The van der Waals surface area contributed by atoms with E-state index in [1.807, 2.05) is 22.6 Å². The van der Waals surface area contributed by atoms with Gasteiger partial charge in [0.2, 0.25) is 11.8 Å². The van der Waals surface area contributed by atoms with Gasteiger partial charge in [-0.1, -0.05) is 13.8 Å². The molecule has 1 saturated heterocycles. The maximum atomic E-state index is 12.9. The van der Waals surface area contributed by atoms with Crippen LogP contribution in [0.5, 0.6) is 0 Å². The second kappa shape index (κ2) is 7.57. The number of hydrogen-bond donors (Lipinski definition) is 0. The SMILES string of the molecule is Cc1nc(C2CCCN(C(=O)Cn3ccnc3C(C)C)C2)nc2c1CC(=O)N2C. The first-order valence-corrected chi connectivity index (χ1v) is 10.3. The molecule has 4 heterocycles. The molecule has 4 rings (SSSR count). The molecule has 154 valence electrons. The van der Waals surface area contributed by atoms with Gasteiger partial charge in [-0.3, -0.25) is 14.5 Å². The molecule has 2 aromatic heterocycles. The highest BCUT2D eigenvalue weighted by Gasteiger charge is 2.32. The van der Waals surface area contributed by atoms with Crippen LogP contribution in [0.2, 0.25) is 0 Å². The van der Waals surface area contributed by atoms with Gasteiger partial charge in [0.25, 0.3) is 0 Å². The summed E-state index contributed by atoms with van der Waals surface area (Å²) < 4.78 is 1.94. The van der Waals surface area contributed by atoms with Gasteiger partial charge < -0.3 is 9.47 Å². The van der Waals surface area contributed by atoms with Crippen molar-refractivity contribution in [3.8, 4) is 0 Å². The Balaban J connectivity index is 1.50. The summed E-state index contributed by atoms with van der Waals surface area (Å²) in [6.45, 7) is 7.77. The summed E-state index contributed by atoms with van der Waals surface area (Å²) in [6, 6.07) is 0. The van der Waals surface area contributed by atoms with E-state index in [1.165, 1.54) is 0 Å². The zero-order valence-corrected chi connectivity index (χ0v) is 17.6. The first-order valence-electron chi connectivity index (χ1n) is 10.3. The van der Waals surface area contributed by atoms with Crippen LogP contribution in [0.15, 0.2) is 12.4 Å². The Hall–Kier alpha value is -2.77. The molecule has 0 aromatic carbocycles. The van der Waals surface area contributed by atoms with Crippen molar-refractivity contribution in [2.75, 3.05) is 25.0 Å². The molecule has 2 aliphatic heterocycles. The molecular weight excluding hydrogens is 368 g/mol. The first-order chi connectivity index (χ1) is 13.8. The van der Waals surface area contributed by atoms with Crippen LogP contribution in [-0.4, -0.2) is 56.4 Å². The van der Waals surface area contributed by atoms with Crippen molar-refractivity contribution in [3.63, 3.8) is 0 Å². The van der Waals surface area contributed by atoms with Crippen molar-refractivity contribution < 1.29 is 9.59 Å². The van der Waals surface area contributed by atoms with Gasteiger partial charge in [0.05, 0.1) is 6.42 Å². The summed E-state index contributed by atoms with van der Waals surface area (Å²) in [6.07, 6.45) is 5.86. The van der Waals surface area contributed by atoms with Crippen LogP contribution in [0, 0.1) is 6.92 Å². The van der Waals surface area contributed by atoms with E-state index >= 15 is 0 Å². The number of carbonyl (C=O) groups excluding carboxylic acids is 2. The molecule has 8 heteroatoms. The van der Waals surface area contributed by atoms with E-state index in [0.29, 0.717) is 19.5 Å². The lowest BCUT2D eigenvalue weighted by atomic mass is 9.96. The van der Waals surface area contributed by atoms with E-state index in [0.717, 1.165) is 48.1 Å². The largest absolute Gasteiger partial charge is 0.340 e. The average molecular weight is 396 g/mol. The zero-order chi connectivity index (χ0) is 20.7. The van der Waals surface area contributed by atoms with Gasteiger partial charge in [0.15, 0.2) is 0 Å². The fourth-order valence-corrected chi connectivity index (χ4v) is 4.27. The Bertz CT molecular complexity index is 951. The van der Waals surface area contributed by atoms with E-state index in [4.69, 9.17) is 9.97 Å². The zero-order valence-electron chi connectivity index (χ0n) is 17.6. The van der Waals surface area contributed by atoms with Gasteiger partial charge in [-0.05, 0) is 19.8 Å². The van der Waals surface area contributed by atoms with Gasteiger partial charge in [-0.25, -0.2) is 15.0 Å². The molecule has 0 N–H and O–H groups in total. The van der Waals surface area contributed by atoms with E-state index < -0.39 is 0 Å². The maximum Gasteiger partial charge on any atom is 0.242 e. The van der Waals surface area contributed by atoms with Crippen LogP contribution in [-0.2, 0) is 22.6 Å². The molecule has 0 saturated carbocycles. The van der Waals surface area contributed by atoms with Crippen molar-refractivity contribution in [1.29, 1.82) is 0 Å². The van der Waals surface area contributed by atoms with Crippen molar-refractivity contribution in [2.24, 2.45) is 0 Å². The van der Waals surface area contributed by atoms with Crippen molar-refractivity contribution in [2.45, 2.75) is 58.4 Å². The van der Waals surface area contributed by atoms with Crippen LogP contribution in [0.1, 0.15) is 61.4 Å². The van der Waals surface area contributed by atoms with Crippen molar-refractivity contribution >= 4 is 17.6 Å². The molecule has 0 radical (unpaired) electrons. The lowest BCUT2D eigenvalue weighted by Crippen LogP contribution is -2.41. The minimum Gasteiger partial charge on any atom is -0.340 e. The number of anilines is 1. The Morgan fingerprint density at radius 3 is 2.86 bits per heavy atom. The Labute approximate surface area is 171 Å². The molecule has 1 atom stereocenters. The number of aryl methyl sites for hydroxylation is 1. The normalized spacial score (nSPS) is 19.2. The lowest BCUT2D eigenvalue weighted by molar-refractivity contribution is -0.133. The summed E-state index contributed by atoms with van der Waals surface area (Å²) in [7, 11) is 1.76. The number of carbonyl (C=O) groups is 2. The Morgan fingerprint density at radius 2 is 2.10 bits per heavy atom. The number of nitrogens with zero attached hydrogens (tertiary/aromatic N) is 6. The number of amides is 2. The number of piperidine rings is 1.